The highest BCUT2D eigenvalue weighted by molar-refractivity contribution is 5.70. The number of unbranched alkanes of at least 4 members (excludes halogenated alkanes) is 8. The van der Waals surface area contributed by atoms with Crippen LogP contribution in [-0.2, 0) is 14.4 Å². The Morgan fingerprint density at radius 3 is 1.35 bits per heavy atom. The minimum atomic E-state index is -0.848. The van der Waals surface area contributed by atoms with E-state index in [1.54, 1.807) is 20.8 Å². The van der Waals surface area contributed by atoms with Gasteiger partial charge in [-0.3, -0.25) is 18.9 Å². The number of carboxylic acid groups (broad SMARTS) is 3. The van der Waals surface area contributed by atoms with Crippen molar-refractivity contribution in [3.05, 3.63) is 12.3 Å². The number of carbonyl (C=O) groups is 3. The lowest BCUT2D eigenvalue weighted by Crippen LogP contribution is -2.47. The van der Waals surface area contributed by atoms with E-state index in [0.717, 1.165) is 12.8 Å². The summed E-state index contributed by atoms with van der Waals surface area (Å²) >= 11 is 0. The lowest BCUT2D eigenvalue weighted by atomic mass is 10.0. The average molecular weight is 485 g/mol. The van der Waals surface area contributed by atoms with Crippen molar-refractivity contribution in [3.63, 3.8) is 0 Å². The molecular weight excluding hydrogens is 434 g/mol. The Morgan fingerprint density at radius 1 is 0.647 bits per heavy atom. The van der Waals surface area contributed by atoms with Crippen LogP contribution in [0.3, 0.4) is 0 Å². The molecule has 0 spiro atoms. The molecule has 0 saturated heterocycles. The van der Waals surface area contributed by atoms with Gasteiger partial charge < -0.3 is 15.3 Å². The number of aliphatic carboxylic acids is 3. The maximum Gasteiger partial charge on any atom is 0.306 e. The number of carboxylic acids is 3. The third-order valence-electron chi connectivity index (χ3n) is 6.93. The Bertz CT molecular complexity index is 558. The maximum atomic E-state index is 11.4. The third kappa shape index (κ3) is 15.1. The highest BCUT2D eigenvalue weighted by atomic mass is 16.4. The molecule has 0 aliphatic carbocycles. The van der Waals surface area contributed by atoms with Gasteiger partial charge in [0.25, 0.3) is 0 Å². The van der Waals surface area contributed by atoms with Crippen LogP contribution in [0.4, 0.5) is 0 Å². The Morgan fingerprint density at radius 2 is 1.00 bits per heavy atom. The SMILES string of the molecule is CCCCCCCCCC/C=C/[N+](CCC(C)C(=O)O)(CCC(C)C(=O)O)CCC(C)C(=O)O. The second kappa shape index (κ2) is 18.4. The van der Waals surface area contributed by atoms with E-state index in [4.69, 9.17) is 0 Å². The summed E-state index contributed by atoms with van der Waals surface area (Å²) in [6.45, 7) is 8.93. The van der Waals surface area contributed by atoms with Gasteiger partial charge in [0.1, 0.15) is 0 Å². The Labute approximate surface area is 206 Å². The van der Waals surface area contributed by atoms with Crippen molar-refractivity contribution in [1.29, 1.82) is 0 Å². The largest absolute Gasteiger partial charge is 0.481 e. The Balaban J connectivity index is 5.21. The monoisotopic (exact) mass is 484 g/mol. The standard InChI is InChI=1S/C27H49NO6/c1-5-6-7-8-9-10-11-12-13-14-18-28(19-15-22(2)25(29)30,20-16-23(3)26(31)32)21-17-24(4)27(33)34/h14,18,22-24H,5-13,15-17,19-21H2,1-4H3,(H2-,29,30,31,32,33,34)/p+1/b18-14+. The van der Waals surface area contributed by atoms with Crippen molar-refractivity contribution in [3.8, 4) is 0 Å². The number of hydrogen-bond acceptors (Lipinski definition) is 3. The van der Waals surface area contributed by atoms with Crippen molar-refractivity contribution in [2.24, 2.45) is 17.8 Å². The van der Waals surface area contributed by atoms with Gasteiger partial charge in [0.2, 0.25) is 0 Å². The summed E-state index contributed by atoms with van der Waals surface area (Å²) in [5.74, 6) is -4.07. The number of hydrogen-bond donors (Lipinski definition) is 3. The van der Waals surface area contributed by atoms with Crippen LogP contribution in [0, 0.1) is 17.8 Å². The minimum Gasteiger partial charge on any atom is -0.481 e. The highest BCUT2D eigenvalue weighted by Gasteiger charge is 2.30. The van der Waals surface area contributed by atoms with Crippen molar-refractivity contribution >= 4 is 17.9 Å². The van der Waals surface area contributed by atoms with Crippen LogP contribution in [0.25, 0.3) is 0 Å². The minimum absolute atomic E-state index is 0.434. The van der Waals surface area contributed by atoms with Gasteiger partial charge in [0, 0.05) is 19.3 Å². The molecule has 0 aromatic carbocycles. The van der Waals surface area contributed by atoms with Crippen molar-refractivity contribution < 1.29 is 34.2 Å². The summed E-state index contributed by atoms with van der Waals surface area (Å²) in [6, 6.07) is 0. The van der Waals surface area contributed by atoms with Gasteiger partial charge in [0.15, 0.2) is 0 Å². The number of allylic oxidation sites excluding steroid dienone is 1. The zero-order valence-electron chi connectivity index (χ0n) is 22.0. The van der Waals surface area contributed by atoms with E-state index in [1.807, 2.05) is 0 Å². The van der Waals surface area contributed by atoms with Gasteiger partial charge in [-0.1, -0.05) is 72.6 Å². The van der Waals surface area contributed by atoms with Gasteiger partial charge in [-0.05, 0) is 18.9 Å². The molecule has 0 aliphatic rings. The van der Waals surface area contributed by atoms with Crippen LogP contribution in [0.5, 0.6) is 0 Å². The molecule has 0 rings (SSSR count). The van der Waals surface area contributed by atoms with Gasteiger partial charge in [-0.25, -0.2) is 0 Å². The summed E-state index contributed by atoms with van der Waals surface area (Å²) in [4.78, 5) is 34.2. The van der Waals surface area contributed by atoms with Crippen LogP contribution >= 0.6 is 0 Å². The molecule has 0 radical (unpaired) electrons. The molecule has 0 amide bonds. The molecule has 0 fully saturated rings. The topological polar surface area (TPSA) is 112 Å². The zero-order chi connectivity index (χ0) is 26.0. The van der Waals surface area contributed by atoms with Crippen LogP contribution in [0.15, 0.2) is 12.3 Å². The summed E-state index contributed by atoms with van der Waals surface area (Å²) in [5, 5.41) is 28.0. The molecule has 7 nitrogen and oxygen atoms in total. The average Bonchev–Trinajstić information content (AvgIpc) is 2.79. The van der Waals surface area contributed by atoms with Crippen LogP contribution in [0.1, 0.15) is 105 Å². The second-order valence-electron chi connectivity index (χ2n) is 10.1. The van der Waals surface area contributed by atoms with E-state index >= 15 is 0 Å². The van der Waals surface area contributed by atoms with Crippen LogP contribution < -0.4 is 0 Å². The van der Waals surface area contributed by atoms with Crippen LogP contribution in [-0.4, -0.2) is 57.3 Å². The van der Waals surface area contributed by atoms with Crippen molar-refractivity contribution in [1.82, 2.24) is 0 Å². The molecule has 0 bridgehead atoms. The van der Waals surface area contributed by atoms with Crippen molar-refractivity contribution in [2.75, 3.05) is 19.6 Å². The quantitative estimate of drug-likeness (QED) is 0.125. The van der Waals surface area contributed by atoms with E-state index in [-0.39, 0.29) is 0 Å². The molecule has 3 atom stereocenters. The van der Waals surface area contributed by atoms with E-state index in [9.17, 15) is 29.7 Å². The van der Waals surface area contributed by atoms with E-state index < -0.39 is 35.7 Å². The fraction of sp³-hybridized carbons (Fsp3) is 0.815. The predicted molar refractivity (Wildman–Crippen MR) is 135 cm³/mol. The first-order valence-electron chi connectivity index (χ1n) is 13.3. The van der Waals surface area contributed by atoms with Gasteiger partial charge in [0.05, 0.1) is 43.6 Å². The maximum absolute atomic E-state index is 11.4. The van der Waals surface area contributed by atoms with Gasteiger partial charge in [-0.2, -0.15) is 0 Å². The van der Waals surface area contributed by atoms with Crippen LogP contribution in [0.2, 0.25) is 0 Å². The molecule has 3 unspecified atom stereocenters. The molecule has 198 valence electrons. The van der Waals surface area contributed by atoms with Gasteiger partial charge in [-0.15, -0.1) is 0 Å². The normalized spacial score (nSPS) is 16.1. The molecule has 34 heavy (non-hydrogen) atoms. The van der Waals surface area contributed by atoms with E-state index in [0.29, 0.717) is 43.4 Å². The fourth-order valence-electron chi connectivity index (χ4n) is 3.98. The molecule has 0 heterocycles. The van der Waals surface area contributed by atoms with Crippen molar-refractivity contribution in [2.45, 2.75) is 105 Å². The molecule has 0 aromatic rings. The molecule has 0 saturated carbocycles. The summed E-state index contributed by atoms with van der Waals surface area (Å²) in [6.07, 6.45) is 16.5. The Hall–Kier alpha value is -1.89. The van der Waals surface area contributed by atoms with E-state index in [1.165, 1.54) is 44.9 Å². The number of quaternary nitrogens is 1. The third-order valence-corrected chi connectivity index (χ3v) is 6.93. The molecular formula is C27H50NO6+. The highest BCUT2D eigenvalue weighted by Crippen LogP contribution is 2.21. The zero-order valence-corrected chi connectivity index (χ0v) is 22.0. The van der Waals surface area contributed by atoms with E-state index in [2.05, 4.69) is 19.2 Å². The Kier molecular flexibility index (Phi) is 17.4. The lowest BCUT2D eigenvalue weighted by molar-refractivity contribution is -0.881. The first kappa shape index (κ1) is 32.1. The molecule has 0 aliphatic heterocycles. The number of nitrogens with zero attached hydrogens (tertiary/aromatic N) is 1. The molecule has 3 N–H and O–H groups in total. The molecule has 0 aromatic heterocycles. The molecule has 7 heteroatoms. The lowest BCUT2D eigenvalue weighted by Gasteiger charge is -2.37. The fourth-order valence-corrected chi connectivity index (χ4v) is 3.98. The summed E-state index contributed by atoms with van der Waals surface area (Å²) in [7, 11) is 0. The smallest absolute Gasteiger partial charge is 0.306 e. The number of rotatable bonds is 22. The first-order valence-corrected chi connectivity index (χ1v) is 13.3. The first-order chi connectivity index (χ1) is 16.0. The summed E-state index contributed by atoms with van der Waals surface area (Å²) in [5.41, 5.74) is 0. The van der Waals surface area contributed by atoms with Gasteiger partial charge >= 0.3 is 17.9 Å². The summed E-state index contributed by atoms with van der Waals surface area (Å²) < 4.78 is 0.434. The predicted octanol–water partition coefficient (Wildman–Crippen LogP) is 6.18. The second-order valence-corrected chi connectivity index (χ2v) is 10.1.